The maximum absolute atomic E-state index is 3.58. The maximum Gasteiger partial charge on any atom is 0.0553 e. The van der Waals surface area contributed by atoms with Crippen molar-refractivity contribution in [2.24, 2.45) is 0 Å². The molecule has 0 fully saturated rings. The van der Waals surface area contributed by atoms with Gasteiger partial charge >= 0.3 is 0 Å². The van der Waals surface area contributed by atoms with Crippen molar-refractivity contribution in [3.05, 3.63) is 152 Å². The van der Waals surface area contributed by atoms with E-state index < -0.39 is 0 Å². The quantitative estimate of drug-likeness (QED) is 0.233. The Bertz CT molecular complexity index is 2440. The highest BCUT2D eigenvalue weighted by Gasteiger charge is 2.18. The van der Waals surface area contributed by atoms with Gasteiger partial charge in [0.1, 0.15) is 0 Å². The number of hydrogen-bond acceptors (Lipinski definition) is 0. The second kappa shape index (κ2) is 8.95. The number of fused-ring (bicyclic) bond motifs is 8. The van der Waals surface area contributed by atoms with Gasteiger partial charge in [-0.25, -0.2) is 0 Å². The van der Waals surface area contributed by atoms with Gasteiger partial charge in [-0.05, 0) is 75.5 Å². The number of para-hydroxylation sites is 2. The van der Waals surface area contributed by atoms with E-state index in [9.17, 15) is 0 Å². The van der Waals surface area contributed by atoms with Crippen LogP contribution in [0.15, 0.2) is 152 Å². The zero-order chi connectivity index (χ0) is 27.6. The minimum atomic E-state index is 1.16. The fourth-order valence-corrected chi connectivity index (χ4v) is 6.80. The van der Waals surface area contributed by atoms with Gasteiger partial charge in [0, 0.05) is 38.3 Å². The van der Waals surface area contributed by atoms with E-state index in [0.717, 1.165) is 11.2 Å². The Kier molecular flexibility index (Phi) is 4.93. The third-order valence-corrected chi connectivity index (χ3v) is 8.73. The maximum atomic E-state index is 3.58. The van der Waals surface area contributed by atoms with E-state index in [2.05, 4.69) is 161 Å². The van der Waals surface area contributed by atoms with E-state index >= 15 is 0 Å². The summed E-state index contributed by atoms with van der Waals surface area (Å²) in [7, 11) is 0. The highest BCUT2D eigenvalue weighted by molar-refractivity contribution is 6.24. The molecule has 196 valence electrons. The van der Waals surface area contributed by atoms with Gasteiger partial charge in [-0.3, -0.25) is 0 Å². The molecule has 0 bridgehead atoms. The molecule has 2 nitrogen and oxygen atoms in total. The van der Waals surface area contributed by atoms with Crippen molar-refractivity contribution in [3.63, 3.8) is 0 Å². The molecule has 0 amide bonds. The number of benzene rings is 7. The van der Waals surface area contributed by atoms with Gasteiger partial charge in [0.15, 0.2) is 0 Å². The lowest BCUT2D eigenvalue weighted by atomic mass is 9.94. The van der Waals surface area contributed by atoms with Crippen LogP contribution in [0.3, 0.4) is 0 Å². The Balaban J connectivity index is 1.34. The van der Waals surface area contributed by atoms with E-state index in [1.54, 1.807) is 0 Å². The first-order valence-electron chi connectivity index (χ1n) is 14.5. The molecule has 2 heterocycles. The van der Waals surface area contributed by atoms with Gasteiger partial charge in [-0.15, -0.1) is 0 Å². The molecular formula is C40H26N2. The number of nitrogens with zero attached hydrogens (tertiary/aromatic N) is 1. The lowest BCUT2D eigenvalue weighted by molar-refractivity contribution is 1.18. The van der Waals surface area contributed by atoms with Gasteiger partial charge in [0.25, 0.3) is 0 Å². The summed E-state index contributed by atoms with van der Waals surface area (Å²) in [4.78, 5) is 3.58. The van der Waals surface area contributed by atoms with E-state index in [-0.39, 0.29) is 0 Å². The van der Waals surface area contributed by atoms with Gasteiger partial charge < -0.3 is 9.55 Å². The van der Waals surface area contributed by atoms with Crippen molar-refractivity contribution >= 4 is 54.4 Å². The number of aromatic amines is 1. The number of rotatable bonds is 3. The summed E-state index contributed by atoms with van der Waals surface area (Å²) in [5, 5.41) is 7.63. The number of nitrogens with one attached hydrogen (secondary N) is 1. The molecular weight excluding hydrogens is 508 g/mol. The monoisotopic (exact) mass is 534 g/mol. The van der Waals surface area contributed by atoms with Crippen LogP contribution in [-0.4, -0.2) is 9.55 Å². The molecule has 0 saturated heterocycles. The van der Waals surface area contributed by atoms with Crippen molar-refractivity contribution in [2.45, 2.75) is 0 Å². The van der Waals surface area contributed by atoms with Crippen molar-refractivity contribution in [2.75, 3.05) is 0 Å². The molecule has 0 saturated carbocycles. The molecule has 9 rings (SSSR count). The third-order valence-electron chi connectivity index (χ3n) is 8.73. The van der Waals surface area contributed by atoms with Crippen LogP contribution in [0.25, 0.3) is 82.3 Å². The van der Waals surface area contributed by atoms with Crippen molar-refractivity contribution in [1.29, 1.82) is 0 Å². The lowest BCUT2D eigenvalue weighted by Crippen LogP contribution is -1.94. The first-order valence-corrected chi connectivity index (χ1v) is 14.5. The van der Waals surface area contributed by atoms with Gasteiger partial charge in [0.05, 0.1) is 11.0 Å². The number of aromatic nitrogens is 2. The summed E-state index contributed by atoms with van der Waals surface area (Å²) >= 11 is 0. The van der Waals surface area contributed by atoms with Crippen LogP contribution in [0, 0.1) is 0 Å². The number of H-pyrrole nitrogens is 1. The van der Waals surface area contributed by atoms with Crippen LogP contribution in [0.2, 0.25) is 0 Å². The van der Waals surface area contributed by atoms with Crippen LogP contribution < -0.4 is 0 Å². The highest BCUT2D eigenvalue weighted by atomic mass is 15.0. The molecule has 7 aromatic carbocycles. The molecule has 0 aliphatic heterocycles. The molecule has 0 spiro atoms. The van der Waals surface area contributed by atoms with Gasteiger partial charge in [-0.1, -0.05) is 109 Å². The van der Waals surface area contributed by atoms with E-state index in [1.807, 2.05) is 0 Å². The summed E-state index contributed by atoms with van der Waals surface area (Å²) in [6.07, 6.45) is 0. The summed E-state index contributed by atoms with van der Waals surface area (Å²) in [6.45, 7) is 0. The Morgan fingerprint density at radius 2 is 1.00 bits per heavy atom. The lowest BCUT2D eigenvalue weighted by Gasteiger charge is -2.13. The molecule has 2 aromatic heterocycles. The second-order valence-electron chi connectivity index (χ2n) is 11.1. The Hall–Kier alpha value is -5.60. The molecule has 42 heavy (non-hydrogen) atoms. The van der Waals surface area contributed by atoms with Crippen LogP contribution in [0.4, 0.5) is 0 Å². The fraction of sp³-hybridized carbons (Fsp3) is 0. The predicted molar refractivity (Wildman–Crippen MR) is 179 cm³/mol. The molecule has 0 aliphatic rings. The van der Waals surface area contributed by atoms with Crippen LogP contribution in [-0.2, 0) is 0 Å². The Labute approximate surface area is 243 Å². The predicted octanol–water partition coefficient (Wildman–Crippen LogP) is 10.9. The van der Waals surface area contributed by atoms with Crippen molar-refractivity contribution < 1.29 is 0 Å². The van der Waals surface area contributed by atoms with E-state index in [4.69, 9.17) is 0 Å². The molecule has 1 N–H and O–H groups in total. The molecule has 2 heteroatoms. The topological polar surface area (TPSA) is 20.7 Å². The fourth-order valence-electron chi connectivity index (χ4n) is 6.80. The normalized spacial score (nSPS) is 11.8. The summed E-state index contributed by atoms with van der Waals surface area (Å²) in [6, 6.07) is 55.0. The minimum absolute atomic E-state index is 1.16. The standard InChI is InChI=1S/C40H26N2/c1-2-10-26(11-3-1)27-18-21-29(22-19-27)42-38-17-9-7-15-33(38)40-32-14-5-4-12-30(32)34(25-39(40)42)28-20-23-37-35(24-28)31-13-6-8-16-36(31)41-37/h1-25,41H. The first-order chi connectivity index (χ1) is 20.8. The zero-order valence-corrected chi connectivity index (χ0v) is 22.9. The SMILES string of the molecule is c1ccc(-c2ccc(-n3c4ccccc4c4c5ccccc5c(-c5ccc6[nH]c7ccccc7c6c5)cc43)cc2)cc1. The van der Waals surface area contributed by atoms with Crippen LogP contribution >= 0.6 is 0 Å². The third kappa shape index (κ3) is 3.39. The molecule has 9 aromatic rings. The van der Waals surface area contributed by atoms with E-state index in [1.165, 1.54) is 71.1 Å². The van der Waals surface area contributed by atoms with Crippen molar-refractivity contribution in [1.82, 2.24) is 9.55 Å². The zero-order valence-electron chi connectivity index (χ0n) is 22.9. The van der Waals surface area contributed by atoms with Gasteiger partial charge in [-0.2, -0.15) is 0 Å². The van der Waals surface area contributed by atoms with Crippen molar-refractivity contribution in [3.8, 4) is 27.9 Å². The average Bonchev–Trinajstić information content (AvgIpc) is 3.60. The Morgan fingerprint density at radius 1 is 0.381 bits per heavy atom. The highest BCUT2D eigenvalue weighted by Crippen LogP contribution is 2.42. The van der Waals surface area contributed by atoms with Crippen LogP contribution in [0.5, 0.6) is 0 Å². The molecule has 0 atom stereocenters. The van der Waals surface area contributed by atoms with Gasteiger partial charge in [0.2, 0.25) is 0 Å². The number of hydrogen-bond donors (Lipinski definition) is 1. The average molecular weight is 535 g/mol. The molecule has 0 radical (unpaired) electrons. The smallest absolute Gasteiger partial charge is 0.0553 e. The van der Waals surface area contributed by atoms with E-state index in [0.29, 0.717) is 0 Å². The first kappa shape index (κ1) is 23.1. The second-order valence-corrected chi connectivity index (χ2v) is 11.1. The molecule has 0 unspecified atom stereocenters. The summed E-state index contributed by atoms with van der Waals surface area (Å²) in [5.74, 6) is 0. The summed E-state index contributed by atoms with van der Waals surface area (Å²) in [5.41, 5.74) is 10.9. The molecule has 0 aliphatic carbocycles. The Morgan fingerprint density at radius 3 is 1.83 bits per heavy atom. The van der Waals surface area contributed by atoms with Crippen LogP contribution in [0.1, 0.15) is 0 Å². The summed E-state index contributed by atoms with van der Waals surface area (Å²) < 4.78 is 2.43. The largest absolute Gasteiger partial charge is 0.355 e. The minimum Gasteiger partial charge on any atom is -0.355 e.